The number of benzene rings is 3. The molecule has 4 fully saturated rings. The molecule has 1 aliphatic carbocycles. The van der Waals surface area contributed by atoms with E-state index in [-0.39, 0.29) is 41.5 Å². The SMILES string of the molecule is CC(C)(c1ccc(Oc2cc(N3CC4(COC4)C3)ncn2)cc1)c1ccc(OC2CC(Nc3ccc4c(c3)C(=O)N(C3CCC(=O)NC3=O)C4=O)C2)cc1. The number of imide groups is 2. The molecule has 4 amide bonds. The highest BCUT2D eigenvalue weighted by atomic mass is 16.5. The molecule has 1 saturated carbocycles. The Morgan fingerprint density at radius 2 is 1.54 bits per heavy atom. The van der Waals surface area contributed by atoms with Gasteiger partial charge in [-0.2, -0.15) is 0 Å². The van der Waals surface area contributed by atoms with Gasteiger partial charge >= 0.3 is 0 Å². The highest BCUT2D eigenvalue weighted by Gasteiger charge is 2.49. The lowest BCUT2D eigenvalue weighted by Gasteiger charge is -2.55. The van der Waals surface area contributed by atoms with E-state index >= 15 is 0 Å². The number of piperidine rings is 1. The fourth-order valence-electron chi connectivity index (χ4n) is 8.00. The third-order valence-electron chi connectivity index (χ3n) is 11.4. The summed E-state index contributed by atoms with van der Waals surface area (Å²) in [5.74, 6) is 0.834. The summed E-state index contributed by atoms with van der Waals surface area (Å²) in [6, 6.07) is 22.4. The van der Waals surface area contributed by atoms with Crippen LogP contribution in [0, 0.1) is 5.41 Å². The predicted molar refractivity (Wildman–Crippen MR) is 197 cm³/mol. The molecule has 3 saturated heterocycles. The van der Waals surface area contributed by atoms with Crippen molar-refractivity contribution < 1.29 is 33.4 Å². The lowest BCUT2D eigenvalue weighted by molar-refractivity contribution is -0.136. The van der Waals surface area contributed by atoms with Crippen LogP contribution >= 0.6 is 0 Å². The van der Waals surface area contributed by atoms with Crippen molar-refractivity contribution in [2.24, 2.45) is 5.41 Å². The fraction of sp³-hybridized carbons (Fsp3) is 0.366. The van der Waals surface area contributed by atoms with E-state index in [1.54, 1.807) is 24.5 Å². The van der Waals surface area contributed by atoms with Gasteiger partial charge in [0.1, 0.15) is 35.8 Å². The lowest BCUT2D eigenvalue weighted by atomic mass is 9.78. The summed E-state index contributed by atoms with van der Waals surface area (Å²) in [5, 5.41) is 5.67. The van der Waals surface area contributed by atoms with Gasteiger partial charge in [0, 0.05) is 55.6 Å². The van der Waals surface area contributed by atoms with E-state index in [0.717, 1.165) is 72.4 Å². The van der Waals surface area contributed by atoms with Gasteiger partial charge in [-0.1, -0.05) is 38.1 Å². The van der Waals surface area contributed by atoms with Crippen molar-refractivity contribution in [3.63, 3.8) is 0 Å². The van der Waals surface area contributed by atoms with Crippen molar-refractivity contribution in [2.75, 3.05) is 36.5 Å². The number of carbonyl (C=O) groups excluding carboxylic acids is 4. The quantitative estimate of drug-likeness (QED) is 0.216. The number of nitrogens with one attached hydrogen (secondary N) is 2. The maximum absolute atomic E-state index is 13.2. The van der Waals surface area contributed by atoms with Crippen LogP contribution < -0.4 is 25.0 Å². The Labute approximate surface area is 312 Å². The second-order valence-electron chi connectivity index (χ2n) is 15.6. The van der Waals surface area contributed by atoms with Crippen LogP contribution in [0.2, 0.25) is 0 Å². The summed E-state index contributed by atoms with van der Waals surface area (Å²) in [6.07, 6.45) is 3.35. The molecule has 54 heavy (non-hydrogen) atoms. The Kier molecular flexibility index (Phi) is 8.14. The average molecular weight is 729 g/mol. The van der Waals surface area contributed by atoms with E-state index < -0.39 is 29.7 Å². The van der Waals surface area contributed by atoms with Gasteiger partial charge in [0.25, 0.3) is 11.8 Å². The Morgan fingerprint density at radius 1 is 0.852 bits per heavy atom. The van der Waals surface area contributed by atoms with E-state index in [2.05, 4.69) is 63.6 Å². The molecule has 2 N–H and O–H groups in total. The minimum absolute atomic E-state index is 0.0421. The van der Waals surface area contributed by atoms with Crippen molar-refractivity contribution in [3.05, 3.63) is 101 Å². The van der Waals surface area contributed by atoms with Gasteiger partial charge < -0.3 is 24.4 Å². The largest absolute Gasteiger partial charge is 0.490 e. The molecule has 1 aromatic heterocycles. The summed E-state index contributed by atoms with van der Waals surface area (Å²) < 4.78 is 17.8. The van der Waals surface area contributed by atoms with Crippen molar-refractivity contribution in [3.8, 4) is 17.4 Å². The molecule has 13 nitrogen and oxygen atoms in total. The predicted octanol–water partition coefficient (Wildman–Crippen LogP) is 4.85. The van der Waals surface area contributed by atoms with Gasteiger partial charge in [0.05, 0.1) is 29.8 Å². The molecule has 1 unspecified atom stereocenters. The Morgan fingerprint density at radius 3 is 2.20 bits per heavy atom. The standard InChI is InChI=1S/C41H40N6O7/c1-40(2,25-5-10-29(11-6-25)54-36-18-34(42-23-43-36)46-19-41(20-46)21-52-22-41)24-3-8-28(9-4-24)53-30-15-27(16-30)44-26-7-12-31-32(17-26)39(51)47(38(31)50)33-13-14-35(48)45-37(33)49/h3-12,17-18,23,27,30,33,44H,13-16,19-22H2,1-2H3,(H,45,48,49). The third kappa shape index (κ3) is 6.11. The Hall–Kier alpha value is -5.82. The fourth-order valence-corrected chi connectivity index (χ4v) is 8.00. The third-order valence-corrected chi connectivity index (χ3v) is 11.4. The second kappa shape index (κ2) is 12.9. The van der Waals surface area contributed by atoms with Crippen molar-refractivity contribution in [2.45, 2.75) is 63.1 Å². The van der Waals surface area contributed by atoms with Gasteiger partial charge in [0.2, 0.25) is 17.7 Å². The summed E-state index contributed by atoms with van der Waals surface area (Å²) in [7, 11) is 0. The van der Waals surface area contributed by atoms with E-state index in [1.807, 2.05) is 30.3 Å². The zero-order valence-electron chi connectivity index (χ0n) is 30.0. The molecule has 5 heterocycles. The Bertz CT molecular complexity index is 2150. The molecule has 4 aromatic rings. The van der Waals surface area contributed by atoms with Crippen LogP contribution in [0.4, 0.5) is 11.5 Å². The summed E-state index contributed by atoms with van der Waals surface area (Å²) in [6.45, 7) is 7.94. The molecule has 4 aliphatic heterocycles. The topological polar surface area (TPSA) is 152 Å². The number of nitrogens with zero attached hydrogens (tertiary/aromatic N) is 4. The summed E-state index contributed by atoms with van der Waals surface area (Å²) in [4.78, 5) is 62.1. The van der Waals surface area contributed by atoms with Gasteiger partial charge in [-0.05, 0) is 60.0 Å². The number of ether oxygens (including phenoxy) is 3. The van der Waals surface area contributed by atoms with Crippen LogP contribution in [0.25, 0.3) is 0 Å². The van der Waals surface area contributed by atoms with Crippen LogP contribution in [-0.2, 0) is 19.7 Å². The molecule has 0 radical (unpaired) electrons. The minimum atomic E-state index is -0.986. The summed E-state index contributed by atoms with van der Waals surface area (Å²) >= 11 is 0. The van der Waals surface area contributed by atoms with Crippen LogP contribution in [0.15, 0.2) is 79.1 Å². The number of rotatable bonds is 10. The molecular weight excluding hydrogens is 688 g/mol. The van der Waals surface area contributed by atoms with E-state index in [9.17, 15) is 19.2 Å². The highest BCUT2D eigenvalue weighted by molar-refractivity contribution is 6.23. The van der Waals surface area contributed by atoms with Crippen molar-refractivity contribution in [1.29, 1.82) is 0 Å². The molecule has 0 bridgehead atoms. The molecule has 5 aliphatic rings. The van der Waals surface area contributed by atoms with Crippen LogP contribution in [0.5, 0.6) is 17.4 Å². The monoisotopic (exact) mass is 728 g/mol. The number of fused-ring (bicyclic) bond motifs is 1. The first-order chi connectivity index (χ1) is 26.0. The molecule has 9 rings (SSSR count). The van der Waals surface area contributed by atoms with Crippen LogP contribution in [-0.4, -0.2) is 83.0 Å². The van der Waals surface area contributed by atoms with Gasteiger partial charge in [0.15, 0.2) is 0 Å². The summed E-state index contributed by atoms with van der Waals surface area (Å²) in [5.41, 5.74) is 3.58. The average Bonchev–Trinajstić information content (AvgIpc) is 3.35. The first-order valence-electron chi connectivity index (χ1n) is 18.4. The van der Waals surface area contributed by atoms with Crippen molar-refractivity contribution >= 4 is 35.1 Å². The molecule has 1 atom stereocenters. The number of hydrogen-bond donors (Lipinski definition) is 2. The highest BCUT2D eigenvalue weighted by Crippen LogP contribution is 2.41. The number of carbonyl (C=O) groups is 4. The first-order valence-corrected chi connectivity index (χ1v) is 18.4. The molecule has 276 valence electrons. The number of amides is 4. The van der Waals surface area contributed by atoms with E-state index in [1.165, 1.54) is 0 Å². The zero-order valence-corrected chi connectivity index (χ0v) is 30.0. The number of anilines is 2. The first kappa shape index (κ1) is 34.0. The number of hydrogen-bond acceptors (Lipinski definition) is 11. The Balaban J connectivity index is 0.765. The molecule has 1 spiro atoms. The minimum Gasteiger partial charge on any atom is -0.490 e. The molecule has 13 heteroatoms. The van der Waals surface area contributed by atoms with Crippen LogP contribution in [0.3, 0.4) is 0 Å². The van der Waals surface area contributed by atoms with Gasteiger partial charge in [-0.25, -0.2) is 9.97 Å². The van der Waals surface area contributed by atoms with E-state index in [0.29, 0.717) is 17.0 Å². The number of aromatic nitrogens is 2. The maximum Gasteiger partial charge on any atom is 0.262 e. The zero-order chi connectivity index (χ0) is 37.2. The second-order valence-corrected chi connectivity index (χ2v) is 15.6. The molecular formula is C41H40N6O7. The molecule has 3 aromatic carbocycles. The van der Waals surface area contributed by atoms with Crippen LogP contribution in [0.1, 0.15) is 71.4 Å². The van der Waals surface area contributed by atoms with Crippen molar-refractivity contribution in [1.82, 2.24) is 20.2 Å². The maximum atomic E-state index is 13.2. The van der Waals surface area contributed by atoms with Gasteiger partial charge in [-0.3, -0.25) is 29.4 Å². The smallest absolute Gasteiger partial charge is 0.262 e. The lowest BCUT2D eigenvalue weighted by Crippen LogP contribution is -2.66. The van der Waals surface area contributed by atoms with Gasteiger partial charge in [-0.15, -0.1) is 0 Å². The normalized spacial score (nSPS) is 22.9. The van der Waals surface area contributed by atoms with E-state index in [4.69, 9.17) is 14.2 Å².